The lowest BCUT2D eigenvalue weighted by Crippen LogP contribution is -2.80. The highest BCUT2D eigenvalue weighted by Crippen LogP contribution is 2.58. The summed E-state index contributed by atoms with van der Waals surface area (Å²) in [5, 5.41) is 10.2. The van der Waals surface area contributed by atoms with Crippen LogP contribution in [0.4, 0.5) is 0 Å². The second-order valence-electron chi connectivity index (χ2n) is 7.60. The first kappa shape index (κ1) is 14.3. The standard InChI is InChI=1S/C15H26N2O3/c1-13(2)11-10(5-8-20-11)15(13,16)12(18)17-7-4-6-14(3,19)9-17/h10-11,19H,4-9,16H2,1-3H3. The van der Waals surface area contributed by atoms with E-state index in [-0.39, 0.29) is 23.3 Å². The van der Waals surface area contributed by atoms with Gasteiger partial charge < -0.3 is 20.5 Å². The van der Waals surface area contributed by atoms with Crippen LogP contribution in [0.2, 0.25) is 0 Å². The SMILES string of the molecule is CC1(O)CCCN(C(=O)C2(N)C3CCOC3C2(C)C)C1. The number of carbonyl (C=O) groups is 1. The molecule has 3 aliphatic rings. The van der Waals surface area contributed by atoms with Crippen LogP contribution in [0.5, 0.6) is 0 Å². The van der Waals surface area contributed by atoms with Crippen LogP contribution in [0.1, 0.15) is 40.0 Å². The molecule has 114 valence electrons. The largest absolute Gasteiger partial charge is 0.388 e. The molecule has 0 radical (unpaired) electrons. The Morgan fingerprint density at radius 3 is 2.75 bits per heavy atom. The van der Waals surface area contributed by atoms with Gasteiger partial charge in [-0.1, -0.05) is 13.8 Å². The molecule has 5 heteroatoms. The Bertz CT molecular complexity index is 435. The van der Waals surface area contributed by atoms with E-state index in [1.165, 1.54) is 0 Å². The van der Waals surface area contributed by atoms with Crippen LogP contribution in [0.3, 0.4) is 0 Å². The van der Waals surface area contributed by atoms with Gasteiger partial charge in [0.15, 0.2) is 0 Å². The average molecular weight is 282 g/mol. The lowest BCUT2D eigenvalue weighted by atomic mass is 9.47. The molecule has 1 amide bonds. The topological polar surface area (TPSA) is 75.8 Å². The smallest absolute Gasteiger partial charge is 0.243 e. The summed E-state index contributed by atoms with van der Waals surface area (Å²) in [6.07, 6.45) is 2.54. The molecule has 4 atom stereocenters. The van der Waals surface area contributed by atoms with E-state index < -0.39 is 11.1 Å². The number of aliphatic hydroxyl groups is 1. The number of nitrogens with zero attached hydrogens (tertiary/aromatic N) is 1. The molecule has 0 spiro atoms. The molecular weight excluding hydrogens is 256 g/mol. The third-order valence-corrected chi connectivity index (χ3v) is 5.77. The lowest BCUT2D eigenvalue weighted by Gasteiger charge is -2.62. The van der Waals surface area contributed by atoms with E-state index in [1.54, 1.807) is 11.8 Å². The maximum Gasteiger partial charge on any atom is 0.243 e. The first-order valence-corrected chi connectivity index (χ1v) is 7.62. The Morgan fingerprint density at radius 1 is 1.40 bits per heavy atom. The lowest BCUT2D eigenvalue weighted by molar-refractivity contribution is -0.188. The van der Waals surface area contributed by atoms with Crippen LogP contribution in [-0.4, -0.2) is 52.9 Å². The first-order valence-electron chi connectivity index (χ1n) is 7.62. The third kappa shape index (κ3) is 1.69. The third-order valence-electron chi connectivity index (χ3n) is 5.77. The predicted molar refractivity (Wildman–Crippen MR) is 75.0 cm³/mol. The second-order valence-corrected chi connectivity index (χ2v) is 7.60. The van der Waals surface area contributed by atoms with Gasteiger partial charge in [0.2, 0.25) is 5.91 Å². The fourth-order valence-electron chi connectivity index (χ4n) is 4.47. The van der Waals surface area contributed by atoms with Crippen LogP contribution in [0, 0.1) is 11.3 Å². The molecule has 1 saturated carbocycles. The summed E-state index contributed by atoms with van der Waals surface area (Å²) < 4.78 is 5.74. The van der Waals surface area contributed by atoms with Crippen LogP contribution in [0.15, 0.2) is 0 Å². The maximum absolute atomic E-state index is 13.0. The Hall–Kier alpha value is -0.650. The molecule has 0 bridgehead atoms. The van der Waals surface area contributed by atoms with E-state index in [2.05, 4.69) is 0 Å². The van der Waals surface area contributed by atoms with Crippen molar-refractivity contribution in [2.45, 2.75) is 57.3 Å². The minimum absolute atomic E-state index is 0.00535. The van der Waals surface area contributed by atoms with Crippen molar-refractivity contribution >= 4 is 5.91 Å². The van der Waals surface area contributed by atoms with Crippen molar-refractivity contribution in [3.05, 3.63) is 0 Å². The quantitative estimate of drug-likeness (QED) is 0.734. The van der Waals surface area contributed by atoms with Crippen LogP contribution in [0.25, 0.3) is 0 Å². The van der Waals surface area contributed by atoms with Gasteiger partial charge >= 0.3 is 0 Å². The van der Waals surface area contributed by atoms with Crippen LogP contribution in [-0.2, 0) is 9.53 Å². The molecule has 3 rings (SSSR count). The molecule has 2 aliphatic heterocycles. The molecule has 0 aromatic carbocycles. The van der Waals surface area contributed by atoms with Gasteiger partial charge in [-0.2, -0.15) is 0 Å². The predicted octanol–water partition coefficient (Wildman–Crippen LogP) is 0.502. The van der Waals surface area contributed by atoms with Crippen LogP contribution >= 0.6 is 0 Å². The number of β-amino-alcohol motifs (C(OH)–C–C–N with tert-alkyl or cyclic N) is 1. The number of rotatable bonds is 1. The second kappa shape index (κ2) is 4.18. The molecule has 20 heavy (non-hydrogen) atoms. The Morgan fingerprint density at radius 2 is 2.10 bits per heavy atom. The average Bonchev–Trinajstić information content (AvgIpc) is 2.83. The highest BCUT2D eigenvalue weighted by atomic mass is 16.5. The van der Waals surface area contributed by atoms with Crippen molar-refractivity contribution in [3.63, 3.8) is 0 Å². The first-order chi connectivity index (χ1) is 9.20. The molecule has 3 fully saturated rings. The van der Waals surface area contributed by atoms with Crippen molar-refractivity contribution in [2.75, 3.05) is 19.7 Å². The minimum Gasteiger partial charge on any atom is -0.388 e. The van der Waals surface area contributed by atoms with E-state index in [1.807, 2.05) is 13.8 Å². The molecule has 2 heterocycles. The Kier molecular flexibility index (Phi) is 2.99. The number of carbonyl (C=O) groups excluding carboxylic acids is 1. The number of ether oxygens (including phenoxy) is 1. The molecule has 0 aromatic heterocycles. The molecule has 2 saturated heterocycles. The van der Waals surface area contributed by atoms with Crippen molar-refractivity contribution in [1.29, 1.82) is 0 Å². The van der Waals surface area contributed by atoms with E-state index >= 15 is 0 Å². The van der Waals surface area contributed by atoms with Gasteiger partial charge in [-0.3, -0.25) is 4.79 Å². The fourth-order valence-corrected chi connectivity index (χ4v) is 4.47. The van der Waals surface area contributed by atoms with Gasteiger partial charge in [0.1, 0.15) is 5.54 Å². The van der Waals surface area contributed by atoms with Gasteiger partial charge in [-0.05, 0) is 26.2 Å². The zero-order chi connectivity index (χ0) is 14.8. The minimum atomic E-state index is -0.846. The maximum atomic E-state index is 13.0. The highest BCUT2D eigenvalue weighted by Gasteiger charge is 2.72. The molecular formula is C15H26N2O3. The summed E-state index contributed by atoms with van der Waals surface area (Å²) in [6.45, 7) is 7.63. The zero-order valence-corrected chi connectivity index (χ0v) is 12.7. The molecule has 5 nitrogen and oxygen atoms in total. The molecule has 4 unspecified atom stereocenters. The van der Waals surface area contributed by atoms with Crippen molar-refractivity contribution in [3.8, 4) is 0 Å². The monoisotopic (exact) mass is 282 g/mol. The number of fused-ring (bicyclic) bond motifs is 1. The number of hydrogen-bond donors (Lipinski definition) is 2. The molecule has 0 aromatic rings. The van der Waals surface area contributed by atoms with Gasteiger partial charge in [0.25, 0.3) is 0 Å². The number of piperidine rings is 1. The number of likely N-dealkylation sites (tertiary alicyclic amines) is 1. The molecule has 3 N–H and O–H groups in total. The summed E-state index contributed by atoms with van der Waals surface area (Å²) in [7, 11) is 0. The van der Waals surface area contributed by atoms with Gasteiger partial charge in [-0.25, -0.2) is 0 Å². The Labute approximate surface area is 120 Å². The summed E-state index contributed by atoms with van der Waals surface area (Å²) in [5.74, 6) is 0.117. The fraction of sp³-hybridized carbons (Fsp3) is 0.933. The van der Waals surface area contributed by atoms with E-state index in [9.17, 15) is 9.90 Å². The van der Waals surface area contributed by atoms with Gasteiger partial charge in [0, 0.05) is 31.0 Å². The van der Waals surface area contributed by atoms with Crippen LogP contribution < -0.4 is 5.73 Å². The van der Waals surface area contributed by atoms with Gasteiger partial charge in [0.05, 0.1) is 11.7 Å². The van der Waals surface area contributed by atoms with E-state index in [4.69, 9.17) is 10.5 Å². The summed E-state index contributed by atoms with van der Waals surface area (Å²) in [6, 6.07) is 0. The van der Waals surface area contributed by atoms with E-state index in [0.717, 1.165) is 19.3 Å². The van der Waals surface area contributed by atoms with Crippen molar-refractivity contribution in [2.24, 2.45) is 17.1 Å². The number of amides is 1. The highest BCUT2D eigenvalue weighted by molar-refractivity contribution is 5.89. The number of nitrogens with two attached hydrogens (primary N) is 1. The zero-order valence-electron chi connectivity index (χ0n) is 12.7. The van der Waals surface area contributed by atoms with Crippen molar-refractivity contribution in [1.82, 2.24) is 4.90 Å². The van der Waals surface area contributed by atoms with Gasteiger partial charge in [-0.15, -0.1) is 0 Å². The molecule has 1 aliphatic carbocycles. The normalized spacial score (nSPS) is 46.8. The van der Waals surface area contributed by atoms with E-state index in [0.29, 0.717) is 19.7 Å². The summed E-state index contributed by atoms with van der Waals surface area (Å²) in [5.41, 5.74) is 4.60. The van der Waals surface area contributed by atoms with Crippen molar-refractivity contribution < 1.29 is 14.6 Å². The number of hydrogen-bond acceptors (Lipinski definition) is 4. The summed E-state index contributed by atoms with van der Waals surface area (Å²) >= 11 is 0. The summed E-state index contributed by atoms with van der Waals surface area (Å²) in [4.78, 5) is 14.7. The Balaban J connectivity index is 1.83.